The number of amides is 1. The van der Waals surface area contributed by atoms with Gasteiger partial charge in [-0.3, -0.25) is 4.79 Å². The maximum absolute atomic E-state index is 14.8. The molecule has 1 heterocycles. The van der Waals surface area contributed by atoms with E-state index in [1.165, 1.54) is 21.1 Å². The molecule has 0 radical (unpaired) electrons. The zero-order valence-corrected chi connectivity index (χ0v) is 20.0. The Morgan fingerprint density at radius 3 is 1.61 bits per heavy atom. The third kappa shape index (κ3) is 4.36. The molecule has 36 heavy (non-hydrogen) atoms. The van der Waals surface area contributed by atoms with Gasteiger partial charge in [0.25, 0.3) is 5.91 Å². The molecule has 1 aliphatic rings. The van der Waals surface area contributed by atoms with E-state index in [1.807, 2.05) is 0 Å². The Morgan fingerprint density at radius 2 is 1.25 bits per heavy atom. The van der Waals surface area contributed by atoms with Crippen LogP contribution >= 0.6 is 0 Å². The summed E-state index contributed by atoms with van der Waals surface area (Å²) in [6.07, 6.45) is -8.41. The summed E-state index contributed by atoms with van der Waals surface area (Å²) in [6, 6.07) is -7.70. The minimum atomic E-state index is -8.53. The van der Waals surface area contributed by atoms with E-state index in [-0.39, 0.29) is 41.4 Å². The molecule has 0 aromatic carbocycles. The first-order chi connectivity index (χ1) is 15.0. The fraction of sp³-hybridized carbons (Fsp3) is 0.933. The highest BCUT2D eigenvalue weighted by atomic mass is 127. The molecule has 216 valence electrons. The summed E-state index contributed by atoms with van der Waals surface area (Å²) >= 11 is 0. The monoisotopic (exact) mass is 685 g/mol. The lowest BCUT2D eigenvalue weighted by atomic mass is 9.71. The third-order valence-corrected chi connectivity index (χ3v) is 4.96. The van der Waals surface area contributed by atoms with Crippen molar-refractivity contribution in [3.05, 3.63) is 0 Å². The molecule has 0 saturated carbocycles. The van der Waals surface area contributed by atoms with Crippen LogP contribution in [0.2, 0.25) is 0 Å². The SMILES string of the molecule is C[N+](C)(C)CCCNC(=O)C(F)(F)C(F)(F)C1(F)C(F)(F)C(F)(F)C(F)(F)N(F)C1(F)C(F)(F)F.[I-]. The van der Waals surface area contributed by atoms with Crippen molar-refractivity contribution in [2.24, 2.45) is 0 Å². The van der Waals surface area contributed by atoms with E-state index in [0.29, 0.717) is 0 Å². The Hall–Kier alpha value is -1.00. The van der Waals surface area contributed by atoms with Crippen LogP contribution in [0, 0.1) is 0 Å². The van der Waals surface area contributed by atoms with Crippen LogP contribution in [-0.4, -0.2) is 97.1 Å². The van der Waals surface area contributed by atoms with E-state index < -0.39 is 64.9 Å². The number of carbonyl (C=O) groups excluding carboxylic acids is 1. The highest BCUT2D eigenvalue weighted by Gasteiger charge is 3.05. The van der Waals surface area contributed by atoms with E-state index in [1.54, 1.807) is 0 Å². The van der Waals surface area contributed by atoms with E-state index in [4.69, 9.17) is 0 Å². The van der Waals surface area contributed by atoms with Gasteiger partial charge < -0.3 is 33.8 Å². The lowest BCUT2D eigenvalue weighted by molar-refractivity contribution is -0.870. The van der Waals surface area contributed by atoms with Crippen molar-refractivity contribution in [3.8, 4) is 0 Å². The fourth-order valence-corrected chi connectivity index (χ4v) is 3.00. The van der Waals surface area contributed by atoms with Crippen LogP contribution < -0.4 is 29.3 Å². The molecule has 1 amide bonds. The quantitative estimate of drug-likeness (QED) is 0.110. The predicted molar refractivity (Wildman–Crippen MR) is 81.9 cm³/mol. The minimum absolute atomic E-state index is 0. The maximum Gasteiger partial charge on any atom is 0.443 e. The summed E-state index contributed by atoms with van der Waals surface area (Å²) in [4.78, 5) is 11.5. The zero-order valence-electron chi connectivity index (χ0n) is 17.8. The molecule has 0 spiro atoms. The Kier molecular flexibility index (Phi) is 9.07. The molecule has 1 saturated heterocycles. The molecule has 2 unspecified atom stereocenters. The Morgan fingerprint density at radius 1 is 0.833 bits per heavy atom. The number of quaternary nitrogens is 1. The average Bonchev–Trinajstić information content (AvgIpc) is 2.65. The van der Waals surface area contributed by atoms with Crippen LogP contribution in [0.25, 0.3) is 0 Å². The van der Waals surface area contributed by atoms with Gasteiger partial charge in [-0.15, -0.1) is 4.48 Å². The predicted octanol–water partition coefficient (Wildman–Crippen LogP) is 1.47. The molecule has 2 atom stereocenters. The summed E-state index contributed by atoms with van der Waals surface area (Å²) < 4.78 is 220. The second-order valence-electron chi connectivity index (χ2n) is 8.52. The molecule has 1 rings (SSSR count). The number of halogens is 17. The van der Waals surface area contributed by atoms with Crippen molar-refractivity contribution >= 4 is 5.91 Å². The van der Waals surface area contributed by atoms with Gasteiger partial charge >= 0.3 is 47.4 Å². The third-order valence-electron chi connectivity index (χ3n) is 4.96. The van der Waals surface area contributed by atoms with Gasteiger partial charge in [-0.1, -0.05) is 0 Å². The van der Waals surface area contributed by atoms with Crippen molar-refractivity contribution in [1.82, 2.24) is 10.4 Å². The lowest BCUT2D eigenvalue weighted by Crippen LogP contribution is -3.00. The number of hydrogen-bond acceptors (Lipinski definition) is 2. The van der Waals surface area contributed by atoms with Gasteiger partial charge in [0, 0.05) is 13.0 Å². The van der Waals surface area contributed by atoms with Crippen LogP contribution in [0.4, 0.5) is 70.3 Å². The first kappa shape index (κ1) is 35.0. The lowest BCUT2D eigenvalue weighted by Gasteiger charge is -2.56. The van der Waals surface area contributed by atoms with E-state index >= 15 is 0 Å². The van der Waals surface area contributed by atoms with Crippen molar-refractivity contribution in [2.45, 2.75) is 53.8 Å². The second kappa shape index (κ2) is 9.33. The molecule has 1 aliphatic heterocycles. The van der Waals surface area contributed by atoms with Crippen LogP contribution in [0.15, 0.2) is 0 Å². The summed E-state index contributed by atoms with van der Waals surface area (Å²) in [5, 5.41) is -3.51. The molecule has 0 aromatic heterocycles. The average molecular weight is 685 g/mol. The number of alkyl halides is 15. The van der Waals surface area contributed by atoms with Crippen molar-refractivity contribution < 1.29 is 104 Å². The molecule has 4 nitrogen and oxygen atoms in total. The fourth-order valence-electron chi connectivity index (χ4n) is 3.00. The molecule has 21 heteroatoms. The normalized spacial score (nSPS) is 28.9. The molecule has 0 aromatic rings. The summed E-state index contributed by atoms with van der Waals surface area (Å²) in [5.74, 6) is -43.6. The molecular weight excluding hydrogens is 669 g/mol. The first-order valence-electron chi connectivity index (χ1n) is 8.92. The molecular formula is C15H16F16IN3O. The van der Waals surface area contributed by atoms with Gasteiger partial charge in [0.1, 0.15) is 0 Å². The highest BCUT2D eigenvalue weighted by Crippen LogP contribution is 2.71. The smallest absolute Gasteiger partial charge is 0.443 e. The number of piperidine rings is 1. The van der Waals surface area contributed by atoms with E-state index in [9.17, 15) is 75.1 Å². The minimum Gasteiger partial charge on any atom is -1.00 e. The van der Waals surface area contributed by atoms with Crippen molar-refractivity contribution in [2.75, 3.05) is 34.2 Å². The van der Waals surface area contributed by atoms with Gasteiger partial charge in [-0.05, 0) is 5.12 Å². The first-order valence-corrected chi connectivity index (χ1v) is 8.92. The van der Waals surface area contributed by atoms with E-state index in [2.05, 4.69) is 0 Å². The molecule has 0 bridgehead atoms. The topological polar surface area (TPSA) is 32.3 Å². The highest BCUT2D eigenvalue weighted by molar-refractivity contribution is 5.85. The standard InChI is InChI=1S/C15H15F16N3O.HI/c1-34(2,3)6-4-5-32-7(35)8(16,17)10(19,20)9(18)11(21,22)12(23,24)15(29,30)33(31)13(9,25)14(26,27)28;/h4-6H2,1-3H3;1H. The van der Waals surface area contributed by atoms with Gasteiger partial charge in [0.15, 0.2) is 0 Å². The van der Waals surface area contributed by atoms with Crippen molar-refractivity contribution in [1.29, 1.82) is 0 Å². The molecule has 1 N–H and O–H groups in total. The summed E-state index contributed by atoms with van der Waals surface area (Å²) in [7, 11) is 4.46. The van der Waals surface area contributed by atoms with Gasteiger partial charge in [0.2, 0.25) is 0 Å². The Balaban J connectivity index is 0.0000122. The number of hydrogen-bond donors (Lipinski definition) is 1. The van der Waals surface area contributed by atoms with E-state index in [0.717, 1.165) is 5.32 Å². The van der Waals surface area contributed by atoms with Crippen LogP contribution in [0.5, 0.6) is 0 Å². The molecule has 0 aliphatic carbocycles. The van der Waals surface area contributed by atoms with Crippen LogP contribution in [0.1, 0.15) is 6.42 Å². The van der Waals surface area contributed by atoms with Crippen molar-refractivity contribution in [3.63, 3.8) is 0 Å². The number of nitrogens with one attached hydrogen (secondary N) is 1. The Bertz CT molecular complexity index is 829. The van der Waals surface area contributed by atoms with Gasteiger partial charge in [-0.2, -0.15) is 57.1 Å². The second-order valence-corrected chi connectivity index (χ2v) is 8.52. The summed E-state index contributed by atoms with van der Waals surface area (Å²) in [6.45, 7) is -1.08. The maximum atomic E-state index is 14.8. The zero-order chi connectivity index (χ0) is 28.5. The number of rotatable bonds is 7. The van der Waals surface area contributed by atoms with Gasteiger partial charge in [0.05, 0.1) is 27.7 Å². The largest absolute Gasteiger partial charge is 1.00 e. The summed E-state index contributed by atoms with van der Waals surface area (Å²) in [5.41, 5.74) is -8.53. The van der Waals surface area contributed by atoms with Gasteiger partial charge in [-0.25, -0.2) is 8.78 Å². The van der Waals surface area contributed by atoms with Crippen LogP contribution in [0.3, 0.4) is 0 Å². The molecule has 1 fully saturated rings. The number of carbonyl (C=O) groups is 1. The number of nitrogens with zero attached hydrogens (tertiary/aromatic N) is 2. The van der Waals surface area contributed by atoms with Crippen LogP contribution in [-0.2, 0) is 4.79 Å². The Labute approximate surface area is 208 Å².